The molecule has 0 bridgehead atoms. The molecule has 1 aromatic carbocycles. The van der Waals surface area contributed by atoms with Crippen LogP contribution in [0.15, 0.2) is 67.0 Å². The first-order chi connectivity index (χ1) is 16.2. The third kappa shape index (κ3) is 5.28. The number of piperazine rings is 1. The third-order valence-corrected chi connectivity index (χ3v) is 5.29. The Hall–Kier alpha value is -3.95. The van der Waals surface area contributed by atoms with Crippen molar-refractivity contribution in [3.8, 4) is 11.5 Å². The Labute approximate surface area is 192 Å². The van der Waals surface area contributed by atoms with Gasteiger partial charge in [0.05, 0.1) is 0 Å². The fraction of sp³-hybridized carbons (Fsp3) is 0.208. The Bertz CT molecular complexity index is 1220. The highest BCUT2D eigenvalue weighted by atomic mass is 15.2. The van der Waals surface area contributed by atoms with E-state index in [1.54, 1.807) is 24.5 Å². The van der Waals surface area contributed by atoms with Crippen LogP contribution in [0.5, 0.6) is 0 Å². The Balaban J connectivity index is 1.27. The van der Waals surface area contributed by atoms with Gasteiger partial charge in [0.1, 0.15) is 17.3 Å². The molecular weight excluding hydrogens is 414 g/mol. The first-order valence-electron chi connectivity index (χ1n) is 10.9. The SMILES string of the molecule is Cc1cccc(-c2nccc(Nc3ccnc(Nc4ccc(C5CNCCN5)cc4)n3)n2)n1. The number of aryl methyl sites for hydroxylation is 1. The number of hydrogen-bond acceptors (Lipinski definition) is 9. The van der Waals surface area contributed by atoms with Gasteiger partial charge in [-0.25, -0.2) is 19.9 Å². The lowest BCUT2D eigenvalue weighted by atomic mass is 10.1. The molecule has 0 saturated carbocycles. The summed E-state index contributed by atoms with van der Waals surface area (Å²) in [7, 11) is 0. The summed E-state index contributed by atoms with van der Waals surface area (Å²) < 4.78 is 0. The topological polar surface area (TPSA) is 113 Å². The second-order valence-corrected chi connectivity index (χ2v) is 7.78. The summed E-state index contributed by atoms with van der Waals surface area (Å²) in [6, 6.07) is 18.0. The zero-order chi connectivity index (χ0) is 22.5. The predicted octanol–water partition coefficient (Wildman–Crippen LogP) is 3.36. The van der Waals surface area contributed by atoms with E-state index in [4.69, 9.17) is 0 Å². The molecule has 3 aromatic heterocycles. The molecule has 0 radical (unpaired) electrons. The summed E-state index contributed by atoms with van der Waals surface area (Å²) in [5, 5.41) is 13.4. The number of aromatic nitrogens is 5. The van der Waals surface area contributed by atoms with Crippen LogP contribution in [0.2, 0.25) is 0 Å². The molecule has 1 aliphatic rings. The second-order valence-electron chi connectivity index (χ2n) is 7.78. The van der Waals surface area contributed by atoms with Gasteiger partial charge in [0, 0.05) is 49.5 Å². The number of rotatable bonds is 6. The Kier molecular flexibility index (Phi) is 6.14. The quantitative estimate of drug-likeness (QED) is 0.359. The highest BCUT2D eigenvalue weighted by Gasteiger charge is 2.14. The molecule has 1 atom stereocenters. The molecule has 4 heterocycles. The molecule has 0 aliphatic carbocycles. The maximum Gasteiger partial charge on any atom is 0.229 e. The molecule has 5 rings (SSSR count). The molecule has 4 aromatic rings. The second kappa shape index (κ2) is 9.68. The molecule has 9 nitrogen and oxygen atoms in total. The summed E-state index contributed by atoms with van der Waals surface area (Å²) in [5.41, 5.74) is 3.83. The van der Waals surface area contributed by atoms with E-state index in [1.165, 1.54) is 5.56 Å². The maximum absolute atomic E-state index is 4.57. The molecule has 1 fully saturated rings. The minimum absolute atomic E-state index is 0.337. The zero-order valence-corrected chi connectivity index (χ0v) is 18.3. The molecule has 166 valence electrons. The normalized spacial score (nSPS) is 15.7. The van der Waals surface area contributed by atoms with Crippen molar-refractivity contribution >= 4 is 23.3 Å². The van der Waals surface area contributed by atoms with Crippen LogP contribution in [0.25, 0.3) is 11.5 Å². The summed E-state index contributed by atoms with van der Waals surface area (Å²) in [6.07, 6.45) is 3.40. The van der Waals surface area contributed by atoms with E-state index in [1.807, 2.05) is 37.3 Å². The summed E-state index contributed by atoms with van der Waals surface area (Å²) in [5.74, 6) is 2.31. The lowest BCUT2D eigenvalue weighted by Crippen LogP contribution is -2.42. The molecule has 1 aliphatic heterocycles. The van der Waals surface area contributed by atoms with E-state index in [-0.39, 0.29) is 0 Å². The molecular formula is C24H25N9. The zero-order valence-electron chi connectivity index (χ0n) is 18.3. The van der Waals surface area contributed by atoms with Crippen LogP contribution in [0.1, 0.15) is 17.3 Å². The molecule has 1 unspecified atom stereocenters. The van der Waals surface area contributed by atoms with E-state index in [0.717, 1.165) is 36.7 Å². The van der Waals surface area contributed by atoms with Gasteiger partial charge in [-0.2, -0.15) is 4.98 Å². The van der Waals surface area contributed by atoms with E-state index in [2.05, 4.69) is 58.3 Å². The van der Waals surface area contributed by atoms with Gasteiger partial charge in [-0.3, -0.25) is 0 Å². The van der Waals surface area contributed by atoms with E-state index < -0.39 is 0 Å². The monoisotopic (exact) mass is 439 g/mol. The number of anilines is 4. The van der Waals surface area contributed by atoms with Crippen LogP contribution >= 0.6 is 0 Å². The van der Waals surface area contributed by atoms with Gasteiger partial charge in [-0.1, -0.05) is 18.2 Å². The minimum atomic E-state index is 0.337. The fourth-order valence-electron chi connectivity index (χ4n) is 3.66. The van der Waals surface area contributed by atoms with Crippen LogP contribution < -0.4 is 21.3 Å². The van der Waals surface area contributed by atoms with Gasteiger partial charge in [-0.05, 0) is 48.9 Å². The highest BCUT2D eigenvalue weighted by Crippen LogP contribution is 2.21. The largest absolute Gasteiger partial charge is 0.325 e. The van der Waals surface area contributed by atoms with Crippen molar-refractivity contribution in [3.63, 3.8) is 0 Å². The fourth-order valence-corrected chi connectivity index (χ4v) is 3.66. The molecule has 0 spiro atoms. The van der Waals surface area contributed by atoms with Crippen LogP contribution in [-0.2, 0) is 0 Å². The van der Waals surface area contributed by atoms with Gasteiger partial charge >= 0.3 is 0 Å². The standard InChI is InChI=1S/C24H25N9/c1-16-3-2-4-19(29-16)23-27-11-9-21(32-23)31-22-10-12-28-24(33-22)30-18-7-5-17(6-8-18)20-15-25-13-14-26-20/h2-12,20,25-26H,13-15H2,1H3,(H2,27,28,30,31,32,33). The van der Waals surface area contributed by atoms with Crippen LogP contribution in [0.3, 0.4) is 0 Å². The number of benzene rings is 1. The van der Waals surface area contributed by atoms with Crippen molar-refractivity contribution in [1.29, 1.82) is 0 Å². The van der Waals surface area contributed by atoms with Crippen molar-refractivity contribution in [2.24, 2.45) is 0 Å². The maximum atomic E-state index is 4.57. The first kappa shape index (κ1) is 20.9. The molecule has 4 N–H and O–H groups in total. The van der Waals surface area contributed by atoms with E-state index in [9.17, 15) is 0 Å². The molecule has 9 heteroatoms. The number of nitrogens with one attached hydrogen (secondary N) is 4. The highest BCUT2D eigenvalue weighted by molar-refractivity contribution is 5.59. The van der Waals surface area contributed by atoms with Gasteiger partial charge in [0.25, 0.3) is 0 Å². The van der Waals surface area contributed by atoms with Crippen molar-refractivity contribution in [2.75, 3.05) is 30.3 Å². The molecule has 0 amide bonds. The molecule has 1 saturated heterocycles. The van der Waals surface area contributed by atoms with Gasteiger partial charge in [-0.15, -0.1) is 0 Å². The van der Waals surface area contributed by atoms with Crippen LogP contribution in [0.4, 0.5) is 23.3 Å². The summed E-state index contributed by atoms with van der Waals surface area (Å²) >= 11 is 0. The lowest BCUT2D eigenvalue weighted by molar-refractivity contribution is 0.430. The molecule has 33 heavy (non-hydrogen) atoms. The Morgan fingerprint density at radius 3 is 2.42 bits per heavy atom. The van der Waals surface area contributed by atoms with E-state index >= 15 is 0 Å². The Morgan fingerprint density at radius 1 is 0.818 bits per heavy atom. The van der Waals surface area contributed by atoms with Crippen molar-refractivity contribution in [2.45, 2.75) is 13.0 Å². The van der Waals surface area contributed by atoms with E-state index in [0.29, 0.717) is 29.5 Å². The van der Waals surface area contributed by atoms with Gasteiger partial charge in [0.2, 0.25) is 5.95 Å². The average molecular weight is 440 g/mol. The van der Waals surface area contributed by atoms with Gasteiger partial charge in [0.15, 0.2) is 5.82 Å². The smallest absolute Gasteiger partial charge is 0.229 e. The van der Waals surface area contributed by atoms with Gasteiger partial charge < -0.3 is 21.3 Å². The van der Waals surface area contributed by atoms with Crippen molar-refractivity contribution in [3.05, 3.63) is 78.2 Å². The minimum Gasteiger partial charge on any atom is -0.325 e. The van der Waals surface area contributed by atoms with Crippen LogP contribution in [-0.4, -0.2) is 44.6 Å². The van der Waals surface area contributed by atoms with Crippen molar-refractivity contribution < 1.29 is 0 Å². The average Bonchev–Trinajstić information content (AvgIpc) is 2.85. The Morgan fingerprint density at radius 2 is 1.64 bits per heavy atom. The summed E-state index contributed by atoms with van der Waals surface area (Å²) in [4.78, 5) is 22.3. The number of pyridine rings is 1. The third-order valence-electron chi connectivity index (χ3n) is 5.29. The predicted molar refractivity (Wildman–Crippen MR) is 129 cm³/mol. The number of nitrogens with zero attached hydrogens (tertiary/aromatic N) is 5. The summed E-state index contributed by atoms with van der Waals surface area (Å²) in [6.45, 7) is 4.87. The first-order valence-corrected chi connectivity index (χ1v) is 10.9. The van der Waals surface area contributed by atoms with Crippen molar-refractivity contribution in [1.82, 2.24) is 35.6 Å². The lowest BCUT2D eigenvalue weighted by Gasteiger charge is -2.25. The number of hydrogen-bond donors (Lipinski definition) is 4. The van der Waals surface area contributed by atoms with Crippen LogP contribution in [0, 0.1) is 6.92 Å².